The summed E-state index contributed by atoms with van der Waals surface area (Å²) >= 11 is 0. The van der Waals surface area contributed by atoms with Gasteiger partial charge < -0.3 is 25.0 Å². The molecule has 6 rings (SSSR count). The van der Waals surface area contributed by atoms with Gasteiger partial charge >= 0.3 is 11.8 Å². The molecule has 0 saturated carbocycles. The second-order valence-corrected chi connectivity index (χ2v) is 11.7. The molecule has 0 radical (unpaired) electrons. The number of aromatic nitrogens is 1. The number of anilines is 1. The summed E-state index contributed by atoms with van der Waals surface area (Å²) in [6, 6.07) is 17.5. The second-order valence-electron chi connectivity index (χ2n) is 11.7. The summed E-state index contributed by atoms with van der Waals surface area (Å²) in [5.74, 6) is -0.485. The van der Waals surface area contributed by atoms with Crippen molar-refractivity contribution in [3.05, 3.63) is 89.4 Å². The number of carbonyl (C=O) groups excluding carboxylic acids is 2. The fourth-order valence-electron chi connectivity index (χ4n) is 6.01. The number of rotatable bonds is 8. The lowest BCUT2D eigenvalue weighted by molar-refractivity contribution is -0.136. The highest BCUT2D eigenvalue weighted by Gasteiger charge is 2.25. The molecule has 1 aliphatic heterocycles. The third kappa shape index (κ3) is 6.68. The number of halogens is 1. The van der Waals surface area contributed by atoms with Crippen molar-refractivity contribution in [3.63, 3.8) is 0 Å². The first-order chi connectivity index (χ1) is 21.4. The highest BCUT2D eigenvalue weighted by atomic mass is 19.1. The molecule has 4 aromatic rings. The number of aryl methyl sites for hydroxylation is 1. The molecule has 1 saturated heterocycles. The summed E-state index contributed by atoms with van der Waals surface area (Å²) in [4.78, 5) is 31.9. The minimum Gasteiger partial charge on any atom is -0.493 e. The minimum atomic E-state index is -0.852. The van der Waals surface area contributed by atoms with E-state index in [1.165, 1.54) is 23.3 Å². The van der Waals surface area contributed by atoms with E-state index in [4.69, 9.17) is 9.47 Å². The Bertz CT molecular complexity index is 1660. The summed E-state index contributed by atoms with van der Waals surface area (Å²) in [7, 11) is 2.15. The molecular formula is C35H37FN4O4. The van der Waals surface area contributed by atoms with Gasteiger partial charge in [0.25, 0.3) is 0 Å². The minimum absolute atomic E-state index is 0.00990. The van der Waals surface area contributed by atoms with Crippen molar-refractivity contribution in [1.29, 1.82) is 0 Å². The zero-order chi connectivity index (χ0) is 30.6. The van der Waals surface area contributed by atoms with Crippen LogP contribution in [-0.4, -0.2) is 54.5 Å². The molecule has 3 aromatic carbocycles. The summed E-state index contributed by atoms with van der Waals surface area (Å²) in [5, 5.41) is 6.01. The number of nitrogens with one attached hydrogen (secondary N) is 2. The third-order valence-corrected chi connectivity index (χ3v) is 8.58. The van der Waals surface area contributed by atoms with Crippen LogP contribution in [0, 0.1) is 11.7 Å². The van der Waals surface area contributed by atoms with Crippen molar-refractivity contribution in [2.75, 3.05) is 32.1 Å². The topological polar surface area (TPSA) is 92.8 Å². The van der Waals surface area contributed by atoms with Crippen LogP contribution in [0.25, 0.3) is 10.9 Å². The average molecular weight is 597 g/mol. The number of nitrogens with zero attached hydrogens (tertiary/aromatic N) is 2. The Kier molecular flexibility index (Phi) is 8.74. The van der Waals surface area contributed by atoms with Gasteiger partial charge in [-0.2, -0.15) is 0 Å². The Morgan fingerprint density at radius 1 is 0.955 bits per heavy atom. The van der Waals surface area contributed by atoms with Gasteiger partial charge in [-0.15, -0.1) is 0 Å². The smallest absolute Gasteiger partial charge is 0.313 e. The van der Waals surface area contributed by atoms with Gasteiger partial charge in [0.1, 0.15) is 11.5 Å². The number of piperidine rings is 1. The van der Waals surface area contributed by atoms with Crippen LogP contribution in [0.2, 0.25) is 0 Å². The molecule has 0 unspecified atom stereocenters. The molecule has 228 valence electrons. The van der Waals surface area contributed by atoms with Crippen molar-refractivity contribution >= 4 is 28.4 Å². The molecule has 44 heavy (non-hydrogen) atoms. The van der Waals surface area contributed by atoms with E-state index in [0.717, 1.165) is 55.1 Å². The van der Waals surface area contributed by atoms with Crippen LogP contribution in [-0.2, 0) is 28.9 Å². The number of carbonyl (C=O) groups is 2. The standard InChI is InChI=1S/C35H37FN4O4/c1-3-23-18-28-30(20-33(23)43-21-22-11-14-40(2)15-12-22)37-13-10-31(28)44-32-9-8-26(19-29(32)36)38-34(41)35(42)39-27-16-24-6-4-5-7-25(24)17-27/h4-10,13,18-20,22,27H,3,11-12,14-17,21H2,1-2H3,(H,38,41)(H,39,42). The first-order valence-corrected chi connectivity index (χ1v) is 15.2. The molecule has 2 heterocycles. The maximum absolute atomic E-state index is 15.2. The van der Waals surface area contributed by atoms with Gasteiger partial charge in [-0.25, -0.2) is 4.39 Å². The quantitative estimate of drug-likeness (QED) is 0.255. The lowest BCUT2D eigenvalue weighted by Gasteiger charge is -2.29. The molecular weight excluding hydrogens is 559 g/mol. The molecule has 0 spiro atoms. The number of hydrogen-bond donors (Lipinski definition) is 2. The molecule has 0 atom stereocenters. The van der Waals surface area contributed by atoms with Crippen molar-refractivity contribution in [1.82, 2.24) is 15.2 Å². The number of amides is 2. The molecule has 2 N–H and O–H groups in total. The lowest BCUT2D eigenvalue weighted by atomic mass is 9.98. The summed E-state index contributed by atoms with van der Waals surface area (Å²) in [5.41, 5.74) is 4.21. The molecule has 2 amide bonds. The van der Waals surface area contributed by atoms with Crippen molar-refractivity contribution in [2.45, 2.75) is 45.1 Å². The number of pyridine rings is 1. The van der Waals surface area contributed by atoms with E-state index in [1.54, 1.807) is 12.3 Å². The van der Waals surface area contributed by atoms with Crippen LogP contribution in [0.15, 0.2) is 66.9 Å². The van der Waals surface area contributed by atoms with Crippen LogP contribution >= 0.6 is 0 Å². The van der Waals surface area contributed by atoms with Gasteiger partial charge in [0.05, 0.1) is 12.1 Å². The second kappa shape index (κ2) is 13.0. The van der Waals surface area contributed by atoms with E-state index in [9.17, 15) is 9.59 Å². The number of benzene rings is 3. The van der Waals surface area contributed by atoms with Crippen LogP contribution in [0.5, 0.6) is 17.2 Å². The highest BCUT2D eigenvalue weighted by Crippen LogP contribution is 2.35. The van der Waals surface area contributed by atoms with Gasteiger partial charge in [0.2, 0.25) is 0 Å². The number of ether oxygens (including phenoxy) is 2. The fourth-order valence-corrected chi connectivity index (χ4v) is 6.01. The predicted octanol–water partition coefficient (Wildman–Crippen LogP) is 5.67. The Balaban J connectivity index is 1.10. The van der Waals surface area contributed by atoms with E-state index in [-0.39, 0.29) is 17.5 Å². The highest BCUT2D eigenvalue weighted by molar-refractivity contribution is 6.39. The third-order valence-electron chi connectivity index (χ3n) is 8.58. The van der Waals surface area contributed by atoms with Crippen LogP contribution < -0.4 is 20.1 Å². The zero-order valence-electron chi connectivity index (χ0n) is 25.1. The van der Waals surface area contributed by atoms with Gasteiger partial charge in [0.15, 0.2) is 11.6 Å². The first-order valence-electron chi connectivity index (χ1n) is 15.2. The number of fused-ring (bicyclic) bond motifs is 2. The van der Waals surface area contributed by atoms with E-state index in [2.05, 4.69) is 34.5 Å². The number of hydrogen-bond acceptors (Lipinski definition) is 6. The molecule has 8 nitrogen and oxygen atoms in total. The summed E-state index contributed by atoms with van der Waals surface area (Å²) in [6.07, 6.45) is 5.98. The average Bonchev–Trinajstić information content (AvgIpc) is 3.44. The molecule has 1 aromatic heterocycles. The van der Waals surface area contributed by atoms with E-state index in [1.807, 2.05) is 36.4 Å². The Morgan fingerprint density at radius 2 is 1.70 bits per heavy atom. The maximum Gasteiger partial charge on any atom is 0.313 e. The van der Waals surface area contributed by atoms with Crippen molar-refractivity contribution < 1.29 is 23.5 Å². The van der Waals surface area contributed by atoms with Crippen LogP contribution in [0.1, 0.15) is 36.5 Å². The lowest BCUT2D eigenvalue weighted by Crippen LogP contribution is -2.42. The number of likely N-dealkylation sites (tertiary alicyclic amines) is 1. The Labute approximate surface area is 256 Å². The Morgan fingerprint density at radius 3 is 2.41 bits per heavy atom. The van der Waals surface area contributed by atoms with Gasteiger partial charge in [0, 0.05) is 35.4 Å². The van der Waals surface area contributed by atoms with Crippen molar-refractivity contribution in [3.8, 4) is 17.2 Å². The predicted molar refractivity (Wildman–Crippen MR) is 168 cm³/mol. The SMILES string of the molecule is CCc1cc2c(Oc3ccc(NC(=O)C(=O)NC4Cc5ccccc5C4)cc3F)ccnc2cc1OCC1CCN(C)CC1. The fraction of sp³-hybridized carbons (Fsp3) is 0.343. The largest absolute Gasteiger partial charge is 0.493 e. The van der Waals surface area contributed by atoms with Gasteiger partial charge in [-0.05, 0) is 99.1 Å². The normalized spacial score (nSPS) is 15.6. The molecule has 0 bridgehead atoms. The molecule has 2 aliphatic rings. The monoisotopic (exact) mass is 596 g/mol. The van der Waals surface area contributed by atoms with Crippen LogP contribution in [0.3, 0.4) is 0 Å². The Hall–Kier alpha value is -4.50. The van der Waals surface area contributed by atoms with Gasteiger partial charge in [-0.3, -0.25) is 14.6 Å². The van der Waals surface area contributed by atoms with E-state index >= 15 is 4.39 Å². The van der Waals surface area contributed by atoms with E-state index < -0.39 is 17.6 Å². The molecule has 1 aliphatic carbocycles. The molecule has 9 heteroatoms. The van der Waals surface area contributed by atoms with Crippen LogP contribution in [0.4, 0.5) is 10.1 Å². The maximum atomic E-state index is 15.2. The zero-order valence-corrected chi connectivity index (χ0v) is 25.1. The first kappa shape index (κ1) is 29.6. The van der Waals surface area contributed by atoms with Gasteiger partial charge in [-0.1, -0.05) is 31.2 Å². The summed E-state index contributed by atoms with van der Waals surface area (Å²) < 4.78 is 27.4. The summed E-state index contributed by atoms with van der Waals surface area (Å²) in [6.45, 7) is 4.92. The van der Waals surface area contributed by atoms with E-state index in [0.29, 0.717) is 36.6 Å². The van der Waals surface area contributed by atoms with Crippen molar-refractivity contribution in [2.24, 2.45) is 5.92 Å². The molecule has 1 fully saturated rings.